The Bertz CT molecular complexity index is 1940. The van der Waals surface area contributed by atoms with Gasteiger partial charge in [0.1, 0.15) is 12.4 Å². The Morgan fingerprint density at radius 1 is 1.02 bits per heavy atom. The lowest BCUT2D eigenvalue weighted by atomic mass is 10.1. The normalized spacial score (nSPS) is 15.0. The van der Waals surface area contributed by atoms with Crippen LogP contribution in [0.15, 0.2) is 107 Å². The Morgan fingerprint density at radius 3 is 2.57 bits per heavy atom. The van der Waals surface area contributed by atoms with E-state index in [2.05, 4.69) is 33.6 Å². The van der Waals surface area contributed by atoms with Gasteiger partial charge in [-0.3, -0.25) is 19.8 Å². The van der Waals surface area contributed by atoms with Gasteiger partial charge in [0.25, 0.3) is 11.6 Å². The number of carbonyl (C=O) groups is 1. The molecule has 0 spiro atoms. The molecule has 4 aromatic carbocycles. The predicted octanol–water partition coefficient (Wildman–Crippen LogP) is 8.76. The molecule has 1 aromatic heterocycles. The van der Waals surface area contributed by atoms with Crippen LogP contribution in [-0.2, 0) is 17.8 Å². The van der Waals surface area contributed by atoms with E-state index in [9.17, 15) is 14.9 Å². The summed E-state index contributed by atoms with van der Waals surface area (Å²) in [6.07, 6.45) is 4.45. The van der Waals surface area contributed by atoms with E-state index < -0.39 is 4.92 Å². The standard InChI is InChI=1S/C33H24ClIN4O4S/c34-27-7-3-1-5-23(27)20-43-30-14-9-21(17-28(30)35)18-31-32(40)38(16-15-22-19-36-29-8-4-2-6-26(22)29)33(44-31)37-24-10-12-25(13-11-24)39(41)42/h1-14,17-19,36H,15-16,20H2/b31-18-,37-33?. The van der Waals surface area contributed by atoms with Crippen LogP contribution in [-0.4, -0.2) is 32.4 Å². The molecule has 1 aliphatic rings. The molecule has 1 N–H and O–H groups in total. The highest BCUT2D eigenvalue weighted by molar-refractivity contribution is 14.1. The number of amides is 1. The van der Waals surface area contributed by atoms with Crippen molar-refractivity contribution in [3.63, 3.8) is 0 Å². The van der Waals surface area contributed by atoms with Crippen molar-refractivity contribution in [2.75, 3.05) is 6.54 Å². The Kier molecular flexibility index (Phi) is 9.01. The van der Waals surface area contributed by atoms with Gasteiger partial charge in [0.15, 0.2) is 5.17 Å². The molecule has 220 valence electrons. The van der Waals surface area contributed by atoms with Gasteiger partial charge in [0, 0.05) is 46.4 Å². The van der Waals surface area contributed by atoms with Crippen LogP contribution in [0, 0.1) is 13.7 Å². The number of non-ortho nitro benzene ring substituents is 1. The van der Waals surface area contributed by atoms with E-state index in [0.29, 0.717) is 40.4 Å². The van der Waals surface area contributed by atoms with E-state index in [0.717, 1.165) is 36.9 Å². The number of amidine groups is 1. The molecule has 44 heavy (non-hydrogen) atoms. The molecule has 0 atom stereocenters. The molecule has 0 unspecified atom stereocenters. The van der Waals surface area contributed by atoms with Crippen molar-refractivity contribution in [1.29, 1.82) is 0 Å². The van der Waals surface area contributed by atoms with Gasteiger partial charge in [-0.15, -0.1) is 0 Å². The molecule has 0 saturated carbocycles. The second kappa shape index (κ2) is 13.2. The third-order valence-corrected chi connectivity index (χ3v) is 9.27. The topological polar surface area (TPSA) is 101 Å². The number of nitrogens with one attached hydrogen (secondary N) is 1. The van der Waals surface area contributed by atoms with Crippen LogP contribution in [0.4, 0.5) is 11.4 Å². The zero-order chi connectivity index (χ0) is 30.6. The molecule has 1 aliphatic heterocycles. The summed E-state index contributed by atoms with van der Waals surface area (Å²) >= 11 is 9.78. The van der Waals surface area contributed by atoms with E-state index in [-0.39, 0.29) is 11.6 Å². The second-order valence-electron chi connectivity index (χ2n) is 9.91. The first-order chi connectivity index (χ1) is 21.4. The van der Waals surface area contributed by atoms with Gasteiger partial charge in [-0.2, -0.15) is 0 Å². The van der Waals surface area contributed by atoms with Crippen LogP contribution in [0.1, 0.15) is 16.7 Å². The minimum atomic E-state index is -0.451. The molecule has 8 nitrogen and oxygen atoms in total. The molecule has 0 radical (unpaired) electrons. The fourth-order valence-electron chi connectivity index (χ4n) is 4.76. The Hall–Kier alpha value is -4.13. The summed E-state index contributed by atoms with van der Waals surface area (Å²) in [5, 5.41) is 13.4. The van der Waals surface area contributed by atoms with Crippen molar-refractivity contribution in [3.05, 3.63) is 137 Å². The average Bonchev–Trinajstić information content (AvgIpc) is 3.56. The first kappa shape index (κ1) is 29.9. The summed E-state index contributed by atoms with van der Waals surface area (Å²) in [5.74, 6) is 0.573. The number of halogens is 2. The number of nitrogens with zero attached hydrogens (tertiary/aromatic N) is 3. The summed E-state index contributed by atoms with van der Waals surface area (Å²) < 4.78 is 6.91. The lowest BCUT2D eigenvalue weighted by molar-refractivity contribution is -0.384. The number of hydrogen-bond donors (Lipinski definition) is 1. The van der Waals surface area contributed by atoms with Crippen LogP contribution in [0.3, 0.4) is 0 Å². The van der Waals surface area contributed by atoms with E-state index in [1.807, 2.05) is 72.9 Å². The molecule has 11 heteroatoms. The van der Waals surface area contributed by atoms with Crippen LogP contribution < -0.4 is 4.74 Å². The lowest BCUT2D eigenvalue weighted by Crippen LogP contribution is -2.31. The minimum Gasteiger partial charge on any atom is -0.488 e. The van der Waals surface area contributed by atoms with E-state index in [1.165, 1.54) is 23.9 Å². The number of carbonyl (C=O) groups excluding carboxylic acids is 1. The fourth-order valence-corrected chi connectivity index (χ4v) is 6.67. The van der Waals surface area contributed by atoms with Crippen molar-refractivity contribution in [3.8, 4) is 5.75 Å². The van der Waals surface area contributed by atoms with Crippen molar-refractivity contribution in [1.82, 2.24) is 9.88 Å². The molecule has 1 fully saturated rings. The molecular weight excluding hydrogens is 711 g/mol. The number of nitro groups is 1. The Morgan fingerprint density at radius 2 is 1.80 bits per heavy atom. The molecule has 1 amide bonds. The average molecular weight is 735 g/mol. The summed E-state index contributed by atoms with van der Waals surface area (Å²) in [6.45, 7) is 0.765. The SMILES string of the molecule is O=C1/C(=C/c2ccc(OCc3ccccc3Cl)c(I)c2)SC(=Nc2ccc([N+](=O)[O-])cc2)N1CCc1c[nH]c2ccccc12. The number of H-pyrrole nitrogens is 1. The number of fused-ring (bicyclic) bond motifs is 1. The number of ether oxygens (including phenoxy) is 1. The van der Waals surface area contributed by atoms with E-state index in [1.54, 1.807) is 17.0 Å². The highest BCUT2D eigenvalue weighted by atomic mass is 127. The van der Waals surface area contributed by atoms with Crippen LogP contribution >= 0.6 is 46.0 Å². The Labute approximate surface area is 276 Å². The van der Waals surface area contributed by atoms with Crippen molar-refractivity contribution < 1.29 is 14.5 Å². The monoisotopic (exact) mass is 734 g/mol. The second-order valence-corrected chi connectivity index (χ2v) is 12.5. The minimum absolute atomic E-state index is 0.0187. The molecular formula is C33H24ClIN4O4S. The van der Waals surface area contributed by atoms with Gasteiger partial charge < -0.3 is 9.72 Å². The van der Waals surface area contributed by atoms with Gasteiger partial charge in [-0.25, -0.2) is 4.99 Å². The van der Waals surface area contributed by atoms with E-state index >= 15 is 0 Å². The zero-order valence-electron chi connectivity index (χ0n) is 23.1. The number of thioether (sulfide) groups is 1. The predicted molar refractivity (Wildman–Crippen MR) is 184 cm³/mol. The number of aromatic amines is 1. The number of aromatic nitrogens is 1. The summed E-state index contributed by atoms with van der Waals surface area (Å²) in [5.41, 5.74) is 4.40. The number of benzene rings is 4. The number of nitro benzene ring substituents is 1. The number of hydrogen-bond acceptors (Lipinski definition) is 6. The van der Waals surface area contributed by atoms with Crippen LogP contribution in [0.5, 0.6) is 5.75 Å². The maximum atomic E-state index is 13.7. The summed E-state index contributed by atoms with van der Waals surface area (Å²) in [4.78, 5) is 34.6. The van der Waals surface area contributed by atoms with Gasteiger partial charge in [0.05, 0.1) is 19.1 Å². The molecule has 0 aliphatic carbocycles. The van der Waals surface area contributed by atoms with Crippen LogP contribution in [0.2, 0.25) is 5.02 Å². The quantitative estimate of drug-likeness (QED) is 0.0707. The molecule has 1 saturated heterocycles. The van der Waals surface area contributed by atoms with Crippen molar-refractivity contribution >= 4 is 85.4 Å². The zero-order valence-corrected chi connectivity index (χ0v) is 26.8. The smallest absolute Gasteiger partial charge is 0.269 e. The van der Waals surface area contributed by atoms with Crippen LogP contribution in [0.25, 0.3) is 17.0 Å². The third-order valence-electron chi connectivity index (χ3n) is 7.05. The van der Waals surface area contributed by atoms with Gasteiger partial charge in [-0.05, 0) is 94.4 Å². The first-order valence-corrected chi connectivity index (χ1v) is 15.9. The maximum Gasteiger partial charge on any atom is 0.269 e. The highest BCUT2D eigenvalue weighted by Crippen LogP contribution is 2.36. The number of para-hydroxylation sites is 1. The number of aliphatic imine (C=N–C) groups is 1. The summed E-state index contributed by atoms with van der Waals surface area (Å²) in [6, 6.07) is 27.4. The largest absolute Gasteiger partial charge is 0.488 e. The van der Waals surface area contributed by atoms with Crippen molar-refractivity contribution in [2.24, 2.45) is 4.99 Å². The Balaban J connectivity index is 1.25. The lowest BCUT2D eigenvalue weighted by Gasteiger charge is -2.15. The van der Waals surface area contributed by atoms with Crippen molar-refractivity contribution in [2.45, 2.75) is 13.0 Å². The molecule has 2 heterocycles. The van der Waals surface area contributed by atoms with Gasteiger partial charge in [0.2, 0.25) is 0 Å². The molecule has 6 rings (SSSR count). The maximum absolute atomic E-state index is 13.7. The van der Waals surface area contributed by atoms with E-state index in [4.69, 9.17) is 21.3 Å². The summed E-state index contributed by atoms with van der Waals surface area (Å²) in [7, 11) is 0. The first-order valence-electron chi connectivity index (χ1n) is 13.6. The number of rotatable bonds is 9. The highest BCUT2D eigenvalue weighted by Gasteiger charge is 2.33. The van der Waals surface area contributed by atoms with Gasteiger partial charge >= 0.3 is 0 Å². The van der Waals surface area contributed by atoms with Gasteiger partial charge in [-0.1, -0.05) is 54.1 Å². The molecule has 0 bridgehead atoms. The third kappa shape index (κ3) is 6.67. The fraction of sp³-hybridized carbons (Fsp3) is 0.0909. The molecule has 5 aromatic rings.